The third kappa shape index (κ3) is 6.82. The zero-order valence-electron chi connectivity index (χ0n) is 14.8. The minimum Gasteiger partial charge on any atom is -0.304 e. The van der Waals surface area contributed by atoms with Crippen LogP contribution < -0.4 is 10.6 Å². The quantitative estimate of drug-likeness (QED) is 0.387. The fraction of sp³-hybridized carbons (Fsp3) is 0.333. The predicted molar refractivity (Wildman–Crippen MR) is 116 cm³/mol. The molecule has 0 spiro atoms. The highest BCUT2D eigenvalue weighted by atomic mass is 32.2. The molecule has 0 aliphatic heterocycles. The topological polar surface area (TPSA) is 149 Å². The van der Waals surface area contributed by atoms with Gasteiger partial charge in [-0.2, -0.15) is 8.75 Å². The van der Waals surface area contributed by atoms with Crippen molar-refractivity contribution in [3.05, 3.63) is 0 Å². The van der Waals surface area contributed by atoms with Gasteiger partial charge in [0.2, 0.25) is 33.8 Å². The second-order valence-corrected chi connectivity index (χ2v) is 10.2. The Balaban J connectivity index is 1.46. The number of nitrogens with one attached hydrogen (secondary N) is 2. The number of aromatic nitrogens is 6. The van der Waals surface area contributed by atoms with Crippen LogP contribution in [0.5, 0.6) is 0 Å². The molecule has 0 fully saturated rings. The van der Waals surface area contributed by atoms with Gasteiger partial charge in [0.05, 0.1) is 11.5 Å². The lowest BCUT2D eigenvalue weighted by atomic mass is 10.5. The Hall–Kier alpha value is -1.40. The predicted octanol–water partition coefficient (Wildman–Crippen LogP) is 2.68. The minimum atomic E-state index is -0.338. The monoisotopic (exact) mass is 508 g/mol. The smallest absolute Gasteiger partial charge is 0.236 e. The number of nitrogens with zero attached hydrogens (tertiary/aromatic N) is 6. The van der Waals surface area contributed by atoms with E-state index < -0.39 is 0 Å². The fourth-order valence-corrected chi connectivity index (χ4v) is 5.64. The number of carbonyl (C=O) groups is 2. The summed E-state index contributed by atoms with van der Waals surface area (Å²) in [5.41, 5.74) is 0. The Morgan fingerprint density at radius 3 is 1.69 bits per heavy atom. The highest BCUT2D eigenvalue weighted by Gasteiger charge is 2.17. The van der Waals surface area contributed by atoms with E-state index in [9.17, 15) is 9.59 Å². The Kier molecular flexibility index (Phi) is 8.54. The summed E-state index contributed by atoms with van der Waals surface area (Å²) in [5, 5.41) is 13.7. The van der Waals surface area contributed by atoms with E-state index in [1.165, 1.54) is 70.1 Å². The molecule has 2 N–H and O–H groups in total. The molecule has 0 saturated heterocycles. The molecule has 0 radical (unpaired) electrons. The molecule has 154 valence electrons. The van der Waals surface area contributed by atoms with Crippen LogP contribution in [0.3, 0.4) is 0 Å². The maximum Gasteiger partial charge on any atom is 0.236 e. The molecule has 3 rings (SSSR count). The van der Waals surface area contributed by atoms with E-state index >= 15 is 0 Å². The van der Waals surface area contributed by atoms with Crippen molar-refractivity contribution in [3.63, 3.8) is 0 Å². The van der Waals surface area contributed by atoms with Gasteiger partial charge < -0.3 is 10.6 Å². The van der Waals surface area contributed by atoms with Crippen LogP contribution in [0, 0.1) is 0 Å². The molecule has 0 aliphatic rings. The standard InChI is InChI=1S/C12H12N8O3S6/c1-24-9-15-11(28-19-9)26-3-5(21)13-7-8(18-23-17-7)14-6(22)4-27-12-16-10(25-2)20-29-12/h3-4H2,1-2H3,(H,13,17,21)(H,14,18,22). The first-order valence-corrected chi connectivity index (χ1v) is 13.5. The van der Waals surface area contributed by atoms with Gasteiger partial charge in [-0.15, -0.1) is 0 Å². The van der Waals surface area contributed by atoms with Crippen LogP contribution in [0.4, 0.5) is 11.6 Å². The van der Waals surface area contributed by atoms with Gasteiger partial charge in [0.25, 0.3) is 0 Å². The van der Waals surface area contributed by atoms with E-state index in [4.69, 9.17) is 0 Å². The van der Waals surface area contributed by atoms with Gasteiger partial charge in [-0.1, -0.05) is 47.0 Å². The Bertz CT molecular complexity index is 900. The number of rotatable bonds is 10. The average molecular weight is 509 g/mol. The molecule has 0 saturated carbocycles. The molecule has 3 heterocycles. The molecule has 3 aromatic heterocycles. The van der Waals surface area contributed by atoms with Crippen molar-refractivity contribution >= 4 is 93.6 Å². The van der Waals surface area contributed by atoms with Crippen LogP contribution in [-0.2, 0) is 9.59 Å². The maximum absolute atomic E-state index is 12.1. The second kappa shape index (κ2) is 11.1. The minimum absolute atomic E-state index is 0.0385. The maximum atomic E-state index is 12.1. The van der Waals surface area contributed by atoms with Gasteiger partial charge in [0, 0.05) is 0 Å². The highest BCUT2D eigenvalue weighted by molar-refractivity contribution is 8.02. The molecule has 0 aromatic carbocycles. The summed E-state index contributed by atoms with van der Waals surface area (Å²) in [7, 11) is 0. The van der Waals surface area contributed by atoms with Crippen molar-refractivity contribution in [2.24, 2.45) is 0 Å². The van der Waals surface area contributed by atoms with E-state index in [0.29, 0.717) is 19.0 Å². The number of hydrogen-bond acceptors (Lipinski definition) is 15. The molecule has 0 atom stereocenters. The normalized spacial score (nSPS) is 10.8. The highest BCUT2D eigenvalue weighted by Crippen LogP contribution is 2.25. The molecule has 2 amide bonds. The fourth-order valence-electron chi connectivity index (χ4n) is 1.62. The number of thioether (sulfide) groups is 4. The van der Waals surface area contributed by atoms with Crippen LogP contribution in [0.1, 0.15) is 0 Å². The van der Waals surface area contributed by atoms with E-state index in [2.05, 4.69) is 44.3 Å². The Morgan fingerprint density at radius 2 is 1.31 bits per heavy atom. The number of amides is 2. The van der Waals surface area contributed by atoms with Gasteiger partial charge in [-0.3, -0.25) is 9.59 Å². The molecule has 17 heteroatoms. The third-order valence-electron chi connectivity index (χ3n) is 2.80. The molecular weight excluding hydrogens is 497 g/mol. The van der Waals surface area contributed by atoms with E-state index in [1.807, 2.05) is 12.5 Å². The van der Waals surface area contributed by atoms with Crippen molar-refractivity contribution in [1.29, 1.82) is 0 Å². The first kappa shape index (κ1) is 22.3. The average Bonchev–Trinajstić information content (AvgIpc) is 3.46. The van der Waals surface area contributed by atoms with E-state index in [0.717, 1.165) is 0 Å². The largest absolute Gasteiger partial charge is 0.304 e. The number of carbonyl (C=O) groups excluding carboxylic acids is 2. The van der Waals surface area contributed by atoms with Gasteiger partial charge in [0.1, 0.15) is 0 Å². The molecule has 0 unspecified atom stereocenters. The second-order valence-electron chi connectivity index (χ2n) is 4.73. The van der Waals surface area contributed by atoms with Gasteiger partial charge in [-0.25, -0.2) is 14.6 Å². The van der Waals surface area contributed by atoms with Crippen LogP contribution >= 0.6 is 70.1 Å². The van der Waals surface area contributed by atoms with Crippen molar-refractivity contribution in [2.75, 3.05) is 34.7 Å². The third-order valence-corrected chi connectivity index (χ3v) is 7.79. The van der Waals surface area contributed by atoms with Crippen molar-refractivity contribution in [1.82, 2.24) is 29.0 Å². The molecular formula is C12H12N8O3S6. The Labute approximate surface area is 189 Å². The zero-order chi connectivity index (χ0) is 20.6. The lowest BCUT2D eigenvalue weighted by molar-refractivity contribution is -0.114. The number of hydrogen-bond donors (Lipinski definition) is 2. The molecule has 0 bridgehead atoms. The number of anilines is 2. The van der Waals surface area contributed by atoms with Gasteiger partial charge in [-0.05, 0) is 45.9 Å². The van der Waals surface area contributed by atoms with E-state index in [-0.39, 0.29) is 35.0 Å². The SMILES string of the molecule is CSc1nsc(SCC(=O)Nc2nonc2NC(=O)CSc2nc(SC)ns2)n1. The summed E-state index contributed by atoms with van der Waals surface area (Å²) in [6, 6.07) is 0. The van der Waals surface area contributed by atoms with Crippen LogP contribution in [0.25, 0.3) is 0 Å². The Morgan fingerprint density at radius 1 is 0.862 bits per heavy atom. The van der Waals surface area contributed by atoms with E-state index in [1.54, 1.807) is 0 Å². The van der Waals surface area contributed by atoms with Crippen LogP contribution in [-0.4, -0.2) is 64.9 Å². The van der Waals surface area contributed by atoms with Crippen molar-refractivity contribution in [3.8, 4) is 0 Å². The summed E-state index contributed by atoms with van der Waals surface area (Å²) in [6.45, 7) is 0. The van der Waals surface area contributed by atoms with Crippen LogP contribution in [0.2, 0.25) is 0 Å². The summed E-state index contributed by atoms with van der Waals surface area (Å²) >= 11 is 7.83. The van der Waals surface area contributed by atoms with Crippen molar-refractivity contribution < 1.29 is 14.2 Å². The zero-order valence-corrected chi connectivity index (χ0v) is 19.7. The molecule has 29 heavy (non-hydrogen) atoms. The summed E-state index contributed by atoms with van der Waals surface area (Å²) in [6.07, 6.45) is 3.76. The lowest BCUT2D eigenvalue weighted by Crippen LogP contribution is -2.19. The summed E-state index contributed by atoms with van der Waals surface area (Å²) in [4.78, 5) is 32.7. The lowest BCUT2D eigenvalue weighted by Gasteiger charge is -2.03. The first-order chi connectivity index (χ1) is 14.1. The summed E-state index contributed by atoms with van der Waals surface area (Å²) in [5.74, 6) is -0.389. The first-order valence-electron chi connectivity index (χ1n) is 7.50. The molecule has 0 aliphatic carbocycles. The van der Waals surface area contributed by atoms with Gasteiger partial charge in [0.15, 0.2) is 8.68 Å². The molecule has 3 aromatic rings. The van der Waals surface area contributed by atoms with Crippen LogP contribution in [0.15, 0.2) is 23.6 Å². The van der Waals surface area contributed by atoms with Crippen molar-refractivity contribution in [2.45, 2.75) is 19.0 Å². The molecule has 11 nitrogen and oxygen atoms in total. The van der Waals surface area contributed by atoms with Gasteiger partial charge >= 0.3 is 0 Å². The summed E-state index contributed by atoms with van der Waals surface area (Å²) < 4.78 is 14.3.